The minimum absolute atomic E-state index is 0. The van der Waals surface area contributed by atoms with E-state index in [0.29, 0.717) is 12.8 Å². The second-order valence-corrected chi connectivity index (χ2v) is 10.7. The van der Waals surface area contributed by atoms with Crippen molar-refractivity contribution in [3.63, 3.8) is 0 Å². The molecule has 0 heterocycles. The van der Waals surface area contributed by atoms with E-state index in [1.54, 1.807) is 0 Å². The van der Waals surface area contributed by atoms with Gasteiger partial charge in [0.25, 0.3) is 0 Å². The van der Waals surface area contributed by atoms with Gasteiger partial charge in [-0.25, -0.2) is 18.0 Å². The first-order valence-corrected chi connectivity index (χ1v) is 15.5. The largest absolute Gasteiger partial charge is 1.00 e. The summed E-state index contributed by atoms with van der Waals surface area (Å²) in [5.74, 6) is -1.59. The topological polar surface area (TPSA) is 110 Å². The van der Waals surface area contributed by atoms with Crippen LogP contribution in [0.5, 0.6) is 0 Å². The minimum atomic E-state index is -4.80. The standard InChI is InChI=1S/C30H46O7S.Na/c1-3-5-7-9-11-13-15-17-19-23-36-29(31)27-22-21-26(38(33,34)35)25-28(27)30(32)37-24-20-18-16-14-12-10-8-6-4-2;/h7-10,21-22,25H,3-6,11-20,23-24H2,1-2H3,(H,33,34,35);/q;+1/p-1/b9-7+,10-8+;. The molecule has 0 atom stereocenters. The number of carbonyl (C=O) groups is 2. The smallest absolute Gasteiger partial charge is 0.744 e. The predicted octanol–water partition coefficient (Wildman–Crippen LogP) is 4.52. The molecule has 0 bridgehead atoms. The summed E-state index contributed by atoms with van der Waals surface area (Å²) < 4.78 is 45.0. The van der Waals surface area contributed by atoms with Crippen molar-refractivity contribution in [2.24, 2.45) is 0 Å². The van der Waals surface area contributed by atoms with Crippen LogP contribution in [0.1, 0.15) is 124 Å². The summed E-state index contributed by atoms with van der Waals surface area (Å²) >= 11 is 0. The van der Waals surface area contributed by atoms with Crippen LogP contribution < -0.4 is 29.6 Å². The van der Waals surface area contributed by atoms with E-state index >= 15 is 0 Å². The quantitative estimate of drug-likeness (QED) is 0.0700. The molecular formula is C30H45NaO7S. The zero-order chi connectivity index (χ0) is 28.1. The number of benzene rings is 1. The van der Waals surface area contributed by atoms with Crippen LogP contribution in [0.3, 0.4) is 0 Å². The molecule has 0 saturated carbocycles. The van der Waals surface area contributed by atoms with E-state index in [0.717, 1.165) is 95.2 Å². The normalized spacial score (nSPS) is 11.6. The monoisotopic (exact) mass is 572 g/mol. The van der Waals surface area contributed by atoms with Gasteiger partial charge in [0.1, 0.15) is 10.1 Å². The molecule has 39 heavy (non-hydrogen) atoms. The van der Waals surface area contributed by atoms with Crippen molar-refractivity contribution < 1.29 is 61.6 Å². The Kier molecular flexibility index (Phi) is 22.4. The second-order valence-electron chi connectivity index (χ2n) is 9.36. The third kappa shape index (κ3) is 17.8. The molecule has 214 valence electrons. The second kappa shape index (κ2) is 23.3. The summed E-state index contributed by atoms with van der Waals surface area (Å²) in [6.45, 7) is 4.62. The summed E-state index contributed by atoms with van der Waals surface area (Å²) in [6.07, 6.45) is 22.6. The van der Waals surface area contributed by atoms with Crippen LogP contribution in [-0.2, 0) is 19.6 Å². The van der Waals surface area contributed by atoms with Gasteiger partial charge in [-0.15, -0.1) is 0 Å². The molecule has 0 aliphatic carbocycles. The van der Waals surface area contributed by atoms with Crippen LogP contribution >= 0.6 is 0 Å². The van der Waals surface area contributed by atoms with Crippen molar-refractivity contribution in [2.45, 2.75) is 109 Å². The van der Waals surface area contributed by atoms with Gasteiger partial charge in [-0.3, -0.25) is 0 Å². The molecule has 0 N–H and O–H groups in total. The zero-order valence-corrected chi connectivity index (χ0v) is 26.9. The maximum Gasteiger partial charge on any atom is 1.00 e. The molecule has 0 radical (unpaired) electrons. The van der Waals surface area contributed by atoms with Gasteiger partial charge in [-0.05, 0) is 69.6 Å². The number of rotatable bonds is 21. The van der Waals surface area contributed by atoms with E-state index in [1.807, 2.05) is 0 Å². The fourth-order valence-electron chi connectivity index (χ4n) is 3.75. The van der Waals surface area contributed by atoms with Gasteiger partial charge >= 0.3 is 41.5 Å². The van der Waals surface area contributed by atoms with Crippen LogP contribution in [0, 0.1) is 0 Å². The maximum absolute atomic E-state index is 12.7. The SMILES string of the molecule is CCC/C=C/CCCCCCOC(=O)c1ccc(S(=O)(=O)[O-])cc1C(=O)OCCCCCC/C=C/CCC.[Na+]. The molecule has 7 nitrogen and oxygen atoms in total. The van der Waals surface area contributed by atoms with Gasteiger partial charge < -0.3 is 14.0 Å². The first-order chi connectivity index (χ1) is 18.3. The fourth-order valence-corrected chi connectivity index (χ4v) is 4.25. The van der Waals surface area contributed by atoms with Crippen LogP contribution in [0.2, 0.25) is 0 Å². The summed E-state index contributed by atoms with van der Waals surface area (Å²) in [4.78, 5) is 24.7. The minimum Gasteiger partial charge on any atom is -0.744 e. The first-order valence-electron chi connectivity index (χ1n) is 14.0. The van der Waals surface area contributed by atoms with Crippen molar-refractivity contribution >= 4 is 22.1 Å². The molecule has 1 aromatic rings. The third-order valence-corrected chi connectivity index (χ3v) is 6.79. The number of hydrogen-bond acceptors (Lipinski definition) is 7. The molecule has 0 aliphatic heterocycles. The first kappa shape index (κ1) is 37.6. The summed E-state index contributed by atoms with van der Waals surface area (Å²) in [7, 11) is -4.80. The van der Waals surface area contributed by atoms with Gasteiger partial charge in [-0.1, -0.05) is 76.7 Å². The summed E-state index contributed by atoms with van der Waals surface area (Å²) in [6, 6.07) is 3.05. The summed E-state index contributed by atoms with van der Waals surface area (Å²) in [5.41, 5.74) is -0.380. The molecule has 0 amide bonds. The average Bonchev–Trinajstić information content (AvgIpc) is 2.89. The Hall–Kier alpha value is -1.45. The van der Waals surface area contributed by atoms with Crippen molar-refractivity contribution in [2.75, 3.05) is 13.2 Å². The predicted molar refractivity (Wildman–Crippen MR) is 149 cm³/mol. The van der Waals surface area contributed by atoms with Gasteiger partial charge in [0.05, 0.1) is 29.2 Å². The summed E-state index contributed by atoms with van der Waals surface area (Å²) in [5, 5.41) is 0. The molecule has 0 fully saturated rings. The third-order valence-electron chi connectivity index (χ3n) is 5.96. The Labute approximate surface area is 257 Å². The Balaban J connectivity index is 0.0000144. The molecule has 0 aliphatic rings. The van der Waals surface area contributed by atoms with E-state index in [2.05, 4.69) is 38.2 Å². The van der Waals surface area contributed by atoms with Crippen molar-refractivity contribution in [1.82, 2.24) is 0 Å². The van der Waals surface area contributed by atoms with Crippen molar-refractivity contribution in [1.29, 1.82) is 0 Å². The molecule has 0 saturated heterocycles. The van der Waals surface area contributed by atoms with E-state index in [9.17, 15) is 22.6 Å². The van der Waals surface area contributed by atoms with Crippen LogP contribution in [0.15, 0.2) is 47.4 Å². The molecule has 1 aromatic carbocycles. The van der Waals surface area contributed by atoms with Crippen LogP contribution in [0.4, 0.5) is 0 Å². The molecule has 1 rings (SSSR count). The molecule has 9 heteroatoms. The van der Waals surface area contributed by atoms with Crippen LogP contribution in [-0.4, -0.2) is 38.1 Å². The maximum atomic E-state index is 12.7. The molecular weight excluding hydrogens is 527 g/mol. The van der Waals surface area contributed by atoms with Gasteiger partial charge in [-0.2, -0.15) is 0 Å². The van der Waals surface area contributed by atoms with E-state index in [1.165, 1.54) is 0 Å². The van der Waals surface area contributed by atoms with Crippen molar-refractivity contribution in [3.8, 4) is 0 Å². The Morgan fingerprint density at radius 3 is 1.59 bits per heavy atom. The Bertz CT molecular complexity index is 987. The van der Waals surface area contributed by atoms with Gasteiger partial charge in [0.15, 0.2) is 0 Å². The molecule has 0 spiro atoms. The van der Waals surface area contributed by atoms with Crippen molar-refractivity contribution in [3.05, 3.63) is 53.6 Å². The number of allylic oxidation sites excluding steroid dienone is 4. The number of unbranched alkanes of at least 4 members (excludes halogenated alkanes) is 10. The Morgan fingerprint density at radius 2 is 1.13 bits per heavy atom. The molecule has 0 aromatic heterocycles. The number of hydrogen-bond donors (Lipinski definition) is 0. The zero-order valence-electron chi connectivity index (χ0n) is 24.1. The van der Waals surface area contributed by atoms with E-state index in [4.69, 9.17) is 9.47 Å². The van der Waals surface area contributed by atoms with E-state index in [-0.39, 0.29) is 53.9 Å². The van der Waals surface area contributed by atoms with Gasteiger partial charge in [0.2, 0.25) is 0 Å². The Morgan fingerprint density at radius 1 is 0.692 bits per heavy atom. The average molecular weight is 573 g/mol. The number of carbonyl (C=O) groups excluding carboxylic acids is 2. The number of ether oxygens (including phenoxy) is 2. The van der Waals surface area contributed by atoms with Crippen LogP contribution in [0.25, 0.3) is 0 Å². The van der Waals surface area contributed by atoms with Gasteiger partial charge in [0, 0.05) is 0 Å². The van der Waals surface area contributed by atoms with E-state index < -0.39 is 27.0 Å². The fraction of sp³-hybridized carbons (Fsp3) is 0.600. The number of esters is 2. The molecule has 0 unspecified atom stereocenters.